The van der Waals surface area contributed by atoms with Crippen LogP contribution in [0.1, 0.15) is 45.2 Å². The average Bonchev–Trinajstić information content (AvgIpc) is 3.36. The van der Waals surface area contributed by atoms with Crippen molar-refractivity contribution in [3.63, 3.8) is 0 Å². The second kappa shape index (κ2) is 10.1. The summed E-state index contributed by atoms with van der Waals surface area (Å²) < 4.78 is 17.1. The van der Waals surface area contributed by atoms with Crippen molar-refractivity contribution in [2.75, 3.05) is 6.61 Å². The Morgan fingerprint density at radius 1 is 1.00 bits per heavy atom. The molecule has 2 fully saturated rings. The SMILES string of the molecule is C/C=C1\C(=O)NC(=O)N1C1C[C@H](OC(=O)c2ccc(C)cc2)[C@@H](COC(=O)c2ccc(C)cc2)O1. The van der Waals surface area contributed by atoms with Crippen LogP contribution in [0.25, 0.3) is 0 Å². The number of imide groups is 1. The van der Waals surface area contributed by atoms with Crippen LogP contribution >= 0.6 is 0 Å². The summed E-state index contributed by atoms with van der Waals surface area (Å²) in [6.45, 7) is 5.24. The van der Waals surface area contributed by atoms with Crippen LogP contribution in [0.5, 0.6) is 0 Å². The van der Waals surface area contributed by atoms with Gasteiger partial charge in [0.15, 0.2) is 0 Å². The molecule has 1 N–H and O–H groups in total. The highest BCUT2D eigenvalue weighted by atomic mass is 16.6. The average molecular weight is 479 g/mol. The third-order valence-corrected chi connectivity index (χ3v) is 5.88. The Balaban J connectivity index is 1.50. The van der Waals surface area contributed by atoms with Crippen molar-refractivity contribution in [2.24, 2.45) is 0 Å². The number of rotatable bonds is 6. The van der Waals surface area contributed by atoms with Crippen LogP contribution in [0, 0.1) is 13.8 Å². The van der Waals surface area contributed by atoms with Gasteiger partial charge in [0, 0.05) is 6.42 Å². The van der Waals surface area contributed by atoms with Crippen molar-refractivity contribution in [1.82, 2.24) is 10.2 Å². The fourth-order valence-electron chi connectivity index (χ4n) is 3.95. The number of hydrogen-bond donors (Lipinski definition) is 1. The number of nitrogens with one attached hydrogen (secondary N) is 1. The Morgan fingerprint density at radius 2 is 1.57 bits per heavy atom. The minimum atomic E-state index is -0.883. The van der Waals surface area contributed by atoms with Crippen LogP contribution in [-0.4, -0.2) is 53.8 Å². The highest BCUT2D eigenvalue weighted by Crippen LogP contribution is 2.31. The molecule has 0 bridgehead atoms. The molecule has 2 saturated heterocycles. The minimum Gasteiger partial charge on any atom is -0.459 e. The van der Waals surface area contributed by atoms with Crippen LogP contribution in [0.2, 0.25) is 0 Å². The van der Waals surface area contributed by atoms with Crippen molar-refractivity contribution >= 4 is 23.9 Å². The van der Waals surface area contributed by atoms with Gasteiger partial charge in [-0.2, -0.15) is 0 Å². The molecule has 0 spiro atoms. The van der Waals surface area contributed by atoms with Gasteiger partial charge >= 0.3 is 18.0 Å². The van der Waals surface area contributed by atoms with E-state index in [9.17, 15) is 19.2 Å². The number of nitrogens with zero attached hydrogens (tertiary/aromatic N) is 1. The lowest BCUT2D eigenvalue weighted by Crippen LogP contribution is -2.37. The molecule has 3 atom stereocenters. The van der Waals surface area contributed by atoms with Gasteiger partial charge in [0.05, 0.1) is 11.1 Å². The van der Waals surface area contributed by atoms with E-state index in [1.54, 1.807) is 55.5 Å². The van der Waals surface area contributed by atoms with Crippen molar-refractivity contribution < 1.29 is 33.4 Å². The molecule has 2 aromatic rings. The van der Waals surface area contributed by atoms with E-state index in [1.165, 1.54) is 11.0 Å². The molecule has 182 valence electrons. The van der Waals surface area contributed by atoms with Crippen molar-refractivity contribution in [2.45, 2.75) is 45.6 Å². The molecule has 2 aliphatic heterocycles. The molecule has 1 unspecified atom stereocenters. The first-order valence-electron chi connectivity index (χ1n) is 11.2. The maximum absolute atomic E-state index is 12.8. The van der Waals surface area contributed by atoms with Crippen LogP contribution in [0.3, 0.4) is 0 Å². The maximum atomic E-state index is 12.8. The summed E-state index contributed by atoms with van der Waals surface area (Å²) in [6.07, 6.45) is -0.942. The molecule has 9 heteroatoms. The van der Waals surface area contributed by atoms with Gasteiger partial charge in [-0.05, 0) is 45.0 Å². The monoisotopic (exact) mass is 478 g/mol. The van der Waals surface area contributed by atoms with E-state index >= 15 is 0 Å². The van der Waals surface area contributed by atoms with Gasteiger partial charge < -0.3 is 14.2 Å². The molecule has 0 saturated carbocycles. The Kier molecular flexibility index (Phi) is 6.97. The number of carbonyl (C=O) groups excluding carboxylic acids is 4. The second-order valence-electron chi connectivity index (χ2n) is 8.44. The van der Waals surface area contributed by atoms with Crippen molar-refractivity contribution in [1.29, 1.82) is 0 Å². The first kappa shape index (κ1) is 24.2. The number of allylic oxidation sites excluding steroid dienone is 1. The Bertz CT molecular complexity index is 1170. The summed E-state index contributed by atoms with van der Waals surface area (Å²) >= 11 is 0. The van der Waals surface area contributed by atoms with Gasteiger partial charge in [0.2, 0.25) is 0 Å². The van der Waals surface area contributed by atoms with Crippen LogP contribution in [0.4, 0.5) is 4.79 Å². The number of hydrogen-bond acceptors (Lipinski definition) is 7. The molecular formula is C26H26N2O7. The predicted octanol–water partition coefficient (Wildman–Crippen LogP) is 3.26. The van der Waals surface area contributed by atoms with Gasteiger partial charge in [0.25, 0.3) is 5.91 Å². The van der Waals surface area contributed by atoms with Gasteiger partial charge in [-0.15, -0.1) is 0 Å². The summed E-state index contributed by atoms with van der Waals surface area (Å²) in [5.74, 6) is -1.66. The summed E-state index contributed by atoms with van der Waals surface area (Å²) in [5.41, 5.74) is 2.87. The van der Waals surface area contributed by atoms with Crippen LogP contribution in [-0.2, 0) is 19.0 Å². The van der Waals surface area contributed by atoms with Crippen molar-refractivity contribution in [3.05, 3.63) is 82.6 Å². The summed E-state index contributed by atoms with van der Waals surface area (Å²) in [7, 11) is 0. The molecule has 3 amide bonds. The third kappa shape index (κ3) is 5.25. The summed E-state index contributed by atoms with van der Waals surface area (Å²) in [5, 5.41) is 2.23. The summed E-state index contributed by atoms with van der Waals surface area (Å²) in [6, 6.07) is 13.2. The molecule has 35 heavy (non-hydrogen) atoms. The standard InChI is InChI=1S/C26H26N2O7/c1-4-19-23(29)27-26(32)28(19)22-13-20(35-25(31)18-11-7-16(3)8-12-18)21(34-22)14-33-24(30)17-9-5-15(2)6-10-17/h4-12,20-22H,13-14H2,1-3H3,(H,27,29,32)/b19-4+/t20-,21+,22?/m0/s1. The number of benzene rings is 2. The second-order valence-corrected chi connectivity index (χ2v) is 8.44. The van der Waals surface area contributed by atoms with E-state index in [1.807, 2.05) is 13.8 Å². The highest BCUT2D eigenvalue weighted by molar-refractivity contribution is 6.11. The normalized spacial score (nSPS) is 22.9. The highest BCUT2D eigenvalue weighted by Gasteiger charge is 2.47. The predicted molar refractivity (Wildman–Crippen MR) is 124 cm³/mol. The zero-order valence-corrected chi connectivity index (χ0v) is 19.6. The molecule has 0 aliphatic carbocycles. The smallest absolute Gasteiger partial charge is 0.338 e. The fraction of sp³-hybridized carbons (Fsp3) is 0.308. The van der Waals surface area contributed by atoms with E-state index in [0.717, 1.165) is 11.1 Å². The number of amides is 3. The molecule has 4 rings (SSSR count). The fourth-order valence-corrected chi connectivity index (χ4v) is 3.95. The molecule has 0 aromatic heterocycles. The zero-order valence-electron chi connectivity index (χ0n) is 19.6. The van der Waals surface area contributed by atoms with E-state index in [4.69, 9.17) is 14.2 Å². The van der Waals surface area contributed by atoms with Crippen molar-refractivity contribution in [3.8, 4) is 0 Å². The Hall–Kier alpha value is -3.98. The van der Waals surface area contributed by atoms with Gasteiger partial charge in [0.1, 0.15) is 30.7 Å². The number of carbonyl (C=O) groups is 4. The lowest BCUT2D eigenvalue weighted by Gasteiger charge is -2.22. The maximum Gasteiger partial charge on any atom is 0.338 e. The van der Waals surface area contributed by atoms with E-state index in [-0.39, 0.29) is 18.7 Å². The van der Waals surface area contributed by atoms with Crippen LogP contribution < -0.4 is 5.32 Å². The van der Waals surface area contributed by atoms with Crippen LogP contribution in [0.15, 0.2) is 60.3 Å². The number of urea groups is 1. The number of aryl methyl sites for hydroxylation is 2. The minimum absolute atomic E-state index is 0.0996. The van der Waals surface area contributed by atoms with E-state index < -0.39 is 42.3 Å². The van der Waals surface area contributed by atoms with E-state index in [0.29, 0.717) is 11.1 Å². The quantitative estimate of drug-likeness (QED) is 0.385. The largest absolute Gasteiger partial charge is 0.459 e. The Labute approximate surface area is 202 Å². The topological polar surface area (TPSA) is 111 Å². The zero-order chi connectivity index (χ0) is 25.1. The molecule has 2 aromatic carbocycles. The molecule has 2 heterocycles. The number of esters is 2. The summed E-state index contributed by atoms with van der Waals surface area (Å²) in [4.78, 5) is 50.9. The molecular weight excluding hydrogens is 452 g/mol. The van der Waals surface area contributed by atoms with Gasteiger partial charge in [-0.25, -0.2) is 14.4 Å². The lowest BCUT2D eigenvalue weighted by atomic mass is 10.1. The first-order valence-corrected chi connectivity index (χ1v) is 11.2. The molecule has 2 aliphatic rings. The van der Waals surface area contributed by atoms with Gasteiger partial charge in [-0.3, -0.25) is 15.0 Å². The third-order valence-electron chi connectivity index (χ3n) is 5.88. The van der Waals surface area contributed by atoms with E-state index in [2.05, 4.69) is 5.32 Å². The first-order chi connectivity index (χ1) is 16.8. The Morgan fingerprint density at radius 3 is 2.14 bits per heavy atom. The van der Waals surface area contributed by atoms with Gasteiger partial charge in [-0.1, -0.05) is 41.5 Å². The lowest BCUT2D eigenvalue weighted by molar-refractivity contribution is -0.116. The molecule has 9 nitrogen and oxygen atoms in total. The number of ether oxygens (including phenoxy) is 3. The molecule has 0 radical (unpaired) electrons.